The minimum atomic E-state index is 0.541. The van der Waals surface area contributed by atoms with Gasteiger partial charge in [0.2, 0.25) is 0 Å². The topological polar surface area (TPSA) is 53.1 Å². The van der Waals surface area contributed by atoms with E-state index in [0.717, 1.165) is 52.7 Å². The molecule has 6 atom stereocenters. The Morgan fingerprint density at radius 2 is 1.47 bits per heavy atom. The zero-order valence-corrected chi connectivity index (χ0v) is 20.4. The molecule has 3 aromatic rings. The van der Waals surface area contributed by atoms with Crippen molar-refractivity contribution in [1.29, 1.82) is 0 Å². The molecule has 0 amide bonds. The normalized spacial score (nSPS) is 31.2. The van der Waals surface area contributed by atoms with Crippen molar-refractivity contribution in [2.24, 2.45) is 22.7 Å². The molecule has 0 spiro atoms. The summed E-state index contributed by atoms with van der Waals surface area (Å²) in [6.45, 7) is 0. The average molecular weight is 471 g/mol. The lowest BCUT2D eigenvalue weighted by Gasteiger charge is -2.14. The zero-order valence-electron chi connectivity index (χ0n) is 20.4. The summed E-state index contributed by atoms with van der Waals surface area (Å²) in [5, 5.41) is 3.75. The number of aliphatic imine (C=N–C) groups is 1. The number of rotatable bonds is 4. The third kappa shape index (κ3) is 3.83. The van der Waals surface area contributed by atoms with Crippen molar-refractivity contribution in [1.82, 2.24) is 15.3 Å². The maximum absolute atomic E-state index is 4.73. The first-order chi connectivity index (χ1) is 17.7. The van der Waals surface area contributed by atoms with Gasteiger partial charge >= 0.3 is 0 Å². The molecule has 2 aromatic carbocycles. The fraction of sp³-hybridized carbons (Fsp3) is 0.375. The van der Waals surface area contributed by atoms with E-state index < -0.39 is 0 Å². The van der Waals surface area contributed by atoms with Crippen LogP contribution in [0.1, 0.15) is 66.8 Å². The van der Waals surface area contributed by atoms with E-state index in [1.807, 2.05) is 6.20 Å². The van der Waals surface area contributed by atoms with Crippen LogP contribution in [0.25, 0.3) is 11.4 Å². The van der Waals surface area contributed by atoms with Gasteiger partial charge < -0.3 is 10.3 Å². The van der Waals surface area contributed by atoms with Gasteiger partial charge in [-0.2, -0.15) is 0 Å². The summed E-state index contributed by atoms with van der Waals surface area (Å²) in [5.74, 6) is 11.2. The Labute approximate surface area is 212 Å². The van der Waals surface area contributed by atoms with Gasteiger partial charge in [-0.05, 0) is 85.3 Å². The van der Waals surface area contributed by atoms with E-state index in [1.165, 1.54) is 54.6 Å². The predicted molar refractivity (Wildman–Crippen MR) is 143 cm³/mol. The number of benzene rings is 2. The first-order valence-electron chi connectivity index (χ1n) is 13.5. The minimum absolute atomic E-state index is 0.541. The van der Waals surface area contributed by atoms with E-state index in [2.05, 4.69) is 81.9 Å². The molecule has 4 heteroatoms. The second-order valence-electron chi connectivity index (χ2n) is 11.5. The lowest BCUT2D eigenvalue weighted by molar-refractivity contribution is 0.601. The van der Waals surface area contributed by atoms with Crippen LogP contribution in [0.4, 0.5) is 0 Å². The molecule has 1 saturated heterocycles. The first-order valence-corrected chi connectivity index (χ1v) is 13.5. The molecule has 4 nitrogen and oxygen atoms in total. The van der Waals surface area contributed by atoms with Crippen LogP contribution in [0.3, 0.4) is 0 Å². The van der Waals surface area contributed by atoms with Crippen LogP contribution >= 0.6 is 0 Å². The zero-order chi connectivity index (χ0) is 23.6. The van der Waals surface area contributed by atoms with Crippen molar-refractivity contribution in [3.63, 3.8) is 0 Å². The molecule has 0 radical (unpaired) electrons. The van der Waals surface area contributed by atoms with E-state index in [0.29, 0.717) is 12.0 Å². The number of H-pyrrole nitrogens is 1. The van der Waals surface area contributed by atoms with Gasteiger partial charge in [-0.15, -0.1) is 0 Å². The summed E-state index contributed by atoms with van der Waals surface area (Å²) in [4.78, 5) is 13.0. The number of aromatic nitrogens is 2. The van der Waals surface area contributed by atoms with Crippen molar-refractivity contribution in [3.8, 4) is 23.2 Å². The van der Waals surface area contributed by atoms with Gasteiger partial charge in [-0.3, -0.25) is 4.99 Å². The monoisotopic (exact) mass is 470 g/mol. The van der Waals surface area contributed by atoms with Crippen molar-refractivity contribution in [2.75, 3.05) is 0 Å². The molecule has 2 aliphatic heterocycles. The molecule has 4 fully saturated rings. The number of nitrogens with zero attached hydrogens (tertiary/aromatic N) is 2. The van der Waals surface area contributed by atoms with E-state index in [1.54, 1.807) is 0 Å². The largest absolute Gasteiger partial charge is 0.342 e. The Balaban J connectivity index is 0.901. The van der Waals surface area contributed by atoms with Crippen LogP contribution in [-0.2, 0) is 0 Å². The van der Waals surface area contributed by atoms with Crippen molar-refractivity contribution >= 4 is 5.71 Å². The molecule has 1 unspecified atom stereocenters. The Morgan fingerprint density at radius 3 is 2.17 bits per heavy atom. The van der Waals surface area contributed by atoms with Crippen LogP contribution < -0.4 is 5.32 Å². The van der Waals surface area contributed by atoms with Gasteiger partial charge in [-0.25, -0.2) is 4.98 Å². The first kappa shape index (κ1) is 20.7. The summed E-state index contributed by atoms with van der Waals surface area (Å²) in [6.07, 6.45) is 11.9. The number of hydrogen-bond donors (Lipinski definition) is 2. The molecule has 3 aliphatic carbocycles. The number of fused-ring (bicyclic) bond motifs is 2. The lowest BCUT2D eigenvalue weighted by Crippen LogP contribution is -2.27. The van der Waals surface area contributed by atoms with Gasteiger partial charge in [-0.1, -0.05) is 36.1 Å². The summed E-state index contributed by atoms with van der Waals surface area (Å²) >= 11 is 0. The molecule has 2 N–H and O–H groups in total. The lowest BCUT2D eigenvalue weighted by atomic mass is 9.97. The summed E-state index contributed by atoms with van der Waals surface area (Å²) in [5.41, 5.74) is 8.30. The molecule has 36 heavy (non-hydrogen) atoms. The minimum Gasteiger partial charge on any atom is -0.342 e. The fourth-order valence-electron chi connectivity index (χ4n) is 6.70. The van der Waals surface area contributed by atoms with Gasteiger partial charge in [0.25, 0.3) is 0 Å². The Hall–Kier alpha value is -3.42. The van der Waals surface area contributed by atoms with E-state index in [9.17, 15) is 0 Å². The molecule has 3 heterocycles. The van der Waals surface area contributed by atoms with E-state index >= 15 is 0 Å². The average Bonchev–Trinajstić information content (AvgIpc) is 3.48. The molecule has 5 aliphatic rings. The third-order valence-electron chi connectivity index (χ3n) is 9.09. The maximum atomic E-state index is 4.73. The predicted octanol–water partition coefficient (Wildman–Crippen LogP) is 5.82. The Morgan fingerprint density at radius 1 is 0.750 bits per heavy atom. The molecule has 8 rings (SSSR count). The number of imidazole rings is 1. The van der Waals surface area contributed by atoms with E-state index in [-0.39, 0.29) is 0 Å². The quantitative estimate of drug-likeness (QED) is 0.472. The van der Waals surface area contributed by atoms with Crippen molar-refractivity contribution < 1.29 is 0 Å². The van der Waals surface area contributed by atoms with Crippen LogP contribution in [0, 0.1) is 29.6 Å². The van der Waals surface area contributed by atoms with Gasteiger partial charge in [0.1, 0.15) is 5.82 Å². The standard InChI is InChI=1S/C32H30N4/c1(19-3-7-21(8-4-19)28-16-27(17-33-28)30-15-26-14-29(26)35-30)2-20-5-9-22(10-6-20)32-34-18-31(36-32)25-12-23-11-24(23)13-25/h3-10,17-18,23-26,29-30,35H,11-16H2,(H,34,36)/t23-,24+,25?,26-,29-,30+/m1/s1. The van der Waals surface area contributed by atoms with Gasteiger partial charge in [0, 0.05) is 59.2 Å². The Bertz CT molecular complexity index is 1430. The highest BCUT2D eigenvalue weighted by Crippen LogP contribution is 2.57. The molecular weight excluding hydrogens is 440 g/mol. The van der Waals surface area contributed by atoms with Crippen molar-refractivity contribution in [3.05, 3.63) is 88.9 Å². The fourth-order valence-corrected chi connectivity index (χ4v) is 6.70. The highest BCUT2D eigenvalue weighted by atomic mass is 15.1. The molecule has 3 saturated carbocycles. The second-order valence-corrected chi connectivity index (χ2v) is 11.5. The summed E-state index contributed by atoms with van der Waals surface area (Å²) in [6, 6.07) is 18.3. The van der Waals surface area contributed by atoms with Gasteiger partial charge in [0.05, 0.1) is 5.71 Å². The maximum Gasteiger partial charge on any atom is 0.137 e. The van der Waals surface area contributed by atoms with E-state index in [4.69, 9.17) is 4.99 Å². The van der Waals surface area contributed by atoms with Crippen LogP contribution in [0.15, 0.2) is 71.5 Å². The van der Waals surface area contributed by atoms with Crippen molar-refractivity contribution in [2.45, 2.75) is 56.5 Å². The number of piperidine rings is 1. The molecule has 1 aromatic heterocycles. The summed E-state index contributed by atoms with van der Waals surface area (Å²) in [7, 11) is 0. The van der Waals surface area contributed by atoms with Gasteiger partial charge in [0.15, 0.2) is 0 Å². The highest BCUT2D eigenvalue weighted by molar-refractivity contribution is 6.03. The SMILES string of the molecule is C(#Cc1ccc(-c2ncc(C3C[C@@H]4C[C@@H]4C3)[nH]2)cc1)c1ccc(C2=NC=C([C@@H]3C[C@H]4C[C@H]4N3)C2)cc1. The highest BCUT2D eigenvalue weighted by Gasteiger charge is 2.47. The van der Waals surface area contributed by atoms with Crippen LogP contribution in [-0.4, -0.2) is 27.8 Å². The smallest absolute Gasteiger partial charge is 0.137 e. The van der Waals surface area contributed by atoms with Crippen LogP contribution in [0.5, 0.6) is 0 Å². The summed E-state index contributed by atoms with van der Waals surface area (Å²) < 4.78 is 0. The molecular formula is C32H30N4. The Kier molecular flexibility index (Phi) is 4.64. The number of hydrogen-bond acceptors (Lipinski definition) is 3. The van der Waals surface area contributed by atoms with Crippen LogP contribution in [0.2, 0.25) is 0 Å². The second kappa shape index (κ2) is 8.05. The number of nitrogens with one attached hydrogen (secondary N) is 2. The third-order valence-corrected chi connectivity index (χ3v) is 9.09. The molecule has 0 bridgehead atoms. The molecule has 178 valence electrons. The number of aromatic amines is 1.